The number of carbonyl (C=O) groups is 1. The number of nitrogens with zero attached hydrogens (tertiary/aromatic N) is 1. The van der Waals surface area contributed by atoms with Crippen LogP contribution >= 0.6 is 0 Å². The Kier molecular flexibility index (Phi) is 7.68. The van der Waals surface area contributed by atoms with Gasteiger partial charge in [-0.15, -0.1) is 0 Å². The van der Waals surface area contributed by atoms with Crippen LogP contribution in [0.5, 0.6) is 5.75 Å². The Hall–Kier alpha value is -2.53. The maximum atomic E-state index is 12.9. The van der Waals surface area contributed by atoms with Crippen molar-refractivity contribution in [3.05, 3.63) is 64.7 Å². The largest absolute Gasteiger partial charge is 0.508 e. The number of ether oxygens (including phenoxy) is 1. The molecule has 0 saturated carbocycles. The first-order valence-corrected chi connectivity index (χ1v) is 10.1. The minimum Gasteiger partial charge on any atom is -0.508 e. The third kappa shape index (κ3) is 7.09. The predicted molar refractivity (Wildman–Crippen MR) is 115 cm³/mol. The first-order chi connectivity index (χ1) is 13.6. The summed E-state index contributed by atoms with van der Waals surface area (Å²) in [5.74, 6) is 0.0963. The number of carbonyl (C=O) groups excluding carboxylic acids is 1. The van der Waals surface area contributed by atoms with Crippen LogP contribution in [-0.2, 0) is 24.3 Å². The molecule has 2 N–H and O–H groups in total. The second-order valence-electron chi connectivity index (χ2n) is 8.60. The quantitative estimate of drug-likeness (QED) is 0.691. The third-order valence-corrected chi connectivity index (χ3v) is 4.80. The van der Waals surface area contributed by atoms with Crippen LogP contribution in [-0.4, -0.2) is 32.8 Å². The number of hydrogen-bond donors (Lipinski definition) is 2. The first-order valence-electron chi connectivity index (χ1n) is 10.1. The molecule has 5 nitrogen and oxygen atoms in total. The van der Waals surface area contributed by atoms with Crippen molar-refractivity contribution >= 4 is 6.09 Å². The summed E-state index contributed by atoms with van der Waals surface area (Å²) in [5.41, 5.74) is 3.20. The van der Waals surface area contributed by atoms with Gasteiger partial charge in [-0.1, -0.05) is 35.9 Å². The third-order valence-electron chi connectivity index (χ3n) is 4.80. The van der Waals surface area contributed by atoms with Crippen LogP contribution in [0.1, 0.15) is 56.4 Å². The molecule has 2 aromatic rings. The Balaban J connectivity index is 2.13. The summed E-state index contributed by atoms with van der Waals surface area (Å²) in [4.78, 5) is 14.6. The zero-order valence-corrected chi connectivity index (χ0v) is 18.1. The van der Waals surface area contributed by atoms with Gasteiger partial charge in [0.1, 0.15) is 11.4 Å². The Morgan fingerprint density at radius 1 is 1.10 bits per heavy atom. The van der Waals surface area contributed by atoms with Crippen LogP contribution in [0.15, 0.2) is 42.5 Å². The summed E-state index contributed by atoms with van der Waals surface area (Å²) in [5, 5.41) is 19.1. The minimum atomic E-state index is -0.560. The lowest BCUT2D eigenvalue weighted by molar-refractivity contribution is 0.0148. The van der Waals surface area contributed by atoms with Crippen molar-refractivity contribution in [3.63, 3.8) is 0 Å². The molecule has 0 aliphatic carbocycles. The summed E-state index contributed by atoms with van der Waals surface area (Å²) >= 11 is 0. The van der Waals surface area contributed by atoms with Gasteiger partial charge in [0.25, 0.3) is 0 Å². The average molecular weight is 400 g/mol. The fraction of sp³-hybridized carbons (Fsp3) is 0.458. The lowest BCUT2D eigenvalue weighted by atomic mass is 10.0. The number of aliphatic hydroxyl groups is 1. The second-order valence-corrected chi connectivity index (χ2v) is 8.60. The van der Waals surface area contributed by atoms with Gasteiger partial charge in [0.2, 0.25) is 0 Å². The zero-order valence-electron chi connectivity index (χ0n) is 18.1. The molecule has 0 spiro atoms. The van der Waals surface area contributed by atoms with Gasteiger partial charge < -0.3 is 19.8 Å². The van der Waals surface area contributed by atoms with Crippen molar-refractivity contribution in [2.75, 3.05) is 0 Å². The van der Waals surface area contributed by atoms with Gasteiger partial charge in [0, 0.05) is 18.2 Å². The molecule has 0 aliphatic heterocycles. The highest BCUT2D eigenvalue weighted by Gasteiger charge is 2.26. The molecule has 0 aliphatic rings. The van der Waals surface area contributed by atoms with Crippen LogP contribution in [0, 0.1) is 6.92 Å². The second kappa shape index (κ2) is 9.79. The highest BCUT2D eigenvalue weighted by molar-refractivity contribution is 5.68. The van der Waals surface area contributed by atoms with Crippen LogP contribution in [0.3, 0.4) is 0 Å². The fourth-order valence-corrected chi connectivity index (χ4v) is 3.06. The molecular weight excluding hydrogens is 366 g/mol. The lowest BCUT2D eigenvalue weighted by Crippen LogP contribution is -2.42. The summed E-state index contributed by atoms with van der Waals surface area (Å²) in [6.45, 7) is 9.94. The maximum absolute atomic E-state index is 12.9. The van der Waals surface area contributed by atoms with Gasteiger partial charge in [-0.05, 0) is 70.7 Å². The van der Waals surface area contributed by atoms with Gasteiger partial charge in [-0.25, -0.2) is 4.79 Å². The molecule has 0 heterocycles. The number of aliphatic hydroxyl groups excluding tert-OH is 1. The van der Waals surface area contributed by atoms with E-state index < -0.39 is 5.60 Å². The number of rotatable bonds is 7. The van der Waals surface area contributed by atoms with E-state index in [1.165, 1.54) is 5.56 Å². The van der Waals surface area contributed by atoms with Gasteiger partial charge in [0.15, 0.2) is 0 Å². The van der Waals surface area contributed by atoms with Crippen molar-refractivity contribution in [1.82, 2.24) is 4.90 Å². The number of amides is 1. The van der Waals surface area contributed by atoms with Crippen molar-refractivity contribution in [1.29, 1.82) is 0 Å². The van der Waals surface area contributed by atoms with Crippen molar-refractivity contribution in [3.8, 4) is 5.75 Å². The highest BCUT2D eigenvalue weighted by atomic mass is 16.6. The summed E-state index contributed by atoms with van der Waals surface area (Å²) in [7, 11) is 0. The Morgan fingerprint density at radius 2 is 1.72 bits per heavy atom. The minimum absolute atomic E-state index is 0.0440. The Labute approximate surface area is 173 Å². The zero-order chi connectivity index (χ0) is 21.6. The van der Waals surface area contributed by atoms with Gasteiger partial charge in [0.05, 0.1) is 6.61 Å². The Morgan fingerprint density at radius 3 is 2.31 bits per heavy atom. The monoisotopic (exact) mass is 399 g/mol. The van der Waals surface area contributed by atoms with E-state index in [2.05, 4.69) is 0 Å². The number of benzene rings is 2. The van der Waals surface area contributed by atoms with Crippen molar-refractivity contribution < 1.29 is 19.7 Å². The first kappa shape index (κ1) is 22.8. The molecule has 158 valence electrons. The molecule has 0 saturated heterocycles. The summed E-state index contributed by atoms with van der Waals surface area (Å²) in [6, 6.07) is 13.4. The summed E-state index contributed by atoms with van der Waals surface area (Å²) < 4.78 is 5.64. The standard InChI is InChI=1S/C24H33NO4/c1-17-6-9-20(10-7-17)15-25(23(28)29-24(3,4)5)18(2)8-11-19-12-13-22(27)21(14-19)16-26/h6-7,9-10,12-14,18,26-27H,8,11,15-16H2,1-5H3. The van der Waals surface area contributed by atoms with Crippen LogP contribution < -0.4 is 0 Å². The van der Waals surface area contributed by atoms with E-state index in [0.717, 1.165) is 24.0 Å². The smallest absolute Gasteiger partial charge is 0.410 e. The molecule has 1 unspecified atom stereocenters. The maximum Gasteiger partial charge on any atom is 0.410 e. The van der Waals surface area contributed by atoms with Crippen LogP contribution in [0.25, 0.3) is 0 Å². The number of aromatic hydroxyl groups is 1. The SMILES string of the molecule is Cc1ccc(CN(C(=O)OC(C)(C)C)C(C)CCc2ccc(O)c(CO)c2)cc1. The molecule has 1 atom stereocenters. The van der Waals surface area contributed by atoms with Gasteiger partial charge in [-0.3, -0.25) is 0 Å². The topological polar surface area (TPSA) is 70.0 Å². The van der Waals surface area contributed by atoms with Crippen molar-refractivity contribution in [2.45, 2.75) is 72.3 Å². The van der Waals surface area contributed by atoms with Crippen LogP contribution in [0.2, 0.25) is 0 Å². The molecule has 0 aromatic heterocycles. The molecule has 5 heteroatoms. The molecule has 0 radical (unpaired) electrons. The van der Waals surface area contributed by atoms with Crippen molar-refractivity contribution in [2.24, 2.45) is 0 Å². The van der Waals surface area contributed by atoms with E-state index in [4.69, 9.17) is 4.74 Å². The average Bonchev–Trinajstić information content (AvgIpc) is 2.65. The fourth-order valence-electron chi connectivity index (χ4n) is 3.06. The molecule has 1 amide bonds. The van der Waals surface area contributed by atoms with E-state index in [1.54, 1.807) is 17.0 Å². The molecule has 2 rings (SSSR count). The number of hydrogen-bond acceptors (Lipinski definition) is 4. The molecule has 2 aromatic carbocycles. The normalized spacial score (nSPS) is 12.5. The van der Waals surface area contributed by atoms with Crippen LogP contribution in [0.4, 0.5) is 4.79 Å². The van der Waals surface area contributed by atoms with E-state index >= 15 is 0 Å². The van der Waals surface area contributed by atoms with E-state index in [9.17, 15) is 15.0 Å². The summed E-state index contributed by atoms with van der Waals surface area (Å²) in [6.07, 6.45) is 1.13. The molecule has 0 bridgehead atoms. The predicted octanol–water partition coefficient (Wildman–Crippen LogP) is 4.95. The number of aryl methyl sites for hydroxylation is 2. The van der Waals surface area contributed by atoms with E-state index in [0.29, 0.717) is 12.1 Å². The number of phenols is 1. The molecular formula is C24H33NO4. The van der Waals surface area contributed by atoms with Gasteiger partial charge >= 0.3 is 6.09 Å². The van der Waals surface area contributed by atoms with Gasteiger partial charge in [-0.2, -0.15) is 0 Å². The highest BCUT2D eigenvalue weighted by Crippen LogP contribution is 2.22. The lowest BCUT2D eigenvalue weighted by Gasteiger charge is -2.32. The molecule has 0 fully saturated rings. The molecule has 29 heavy (non-hydrogen) atoms. The Bertz CT molecular complexity index is 809. The van der Waals surface area contributed by atoms with E-state index in [1.807, 2.05) is 65.0 Å². The van der Waals surface area contributed by atoms with E-state index in [-0.39, 0.29) is 24.5 Å².